The normalized spacial score (nSPS) is 17.7. The first-order valence-corrected chi connectivity index (χ1v) is 9.79. The SMILES string of the molecule is CC(C)C[C@H](c1nnnn1C(C)(C)C)[NH+]1CCN(c2ccccc2)CC1. The Labute approximate surface area is 157 Å². The Bertz CT molecular complexity index is 680. The summed E-state index contributed by atoms with van der Waals surface area (Å²) in [7, 11) is 0. The molecule has 1 aliphatic rings. The Hall–Kier alpha value is -1.95. The lowest BCUT2D eigenvalue weighted by molar-refractivity contribution is -0.934. The number of tetrazole rings is 1. The second kappa shape index (κ2) is 7.74. The molecule has 6 heteroatoms. The monoisotopic (exact) mass is 357 g/mol. The Morgan fingerprint density at radius 1 is 1.08 bits per heavy atom. The highest BCUT2D eigenvalue weighted by atomic mass is 15.6. The minimum absolute atomic E-state index is 0.0979. The number of hydrogen-bond donors (Lipinski definition) is 1. The van der Waals surface area contributed by atoms with Crippen LogP contribution in [0.2, 0.25) is 0 Å². The molecule has 3 rings (SSSR count). The summed E-state index contributed by atoms with van der Waals surface area (Å²) < 4.78 is 2.02. The van der Waals surface area contributed by atoms with Crippen LogP contribution in [0.1, 0.15) is 52.9 Å². The molecule has 0 spiro atoms. The second-order valence-corrected chi connectivity index (χ2v) is 8.78. The van der Waals surface area contributed by atoms with E-state index in [-0.39, 0.29) is 5.54 Å². The van der Waals surface area contributed by atoms with Gasteiger partial charge in [0.25, 0.3) is 0 Å². The highest BCUT2D eigenvalue weighted by Crippen LogP contribution is 2.22. The molecular formula is C20H33N6+. The minimum atomic E-state index is -0.0979. The Kier molecular flexibility index (Phi) is 5.61. The van der Waals surface area contributed by atoms with Crippen LogP contribution in [0.4, 0.5) is 5.69 Å². The van der Waals surface area contributed by atoms with Crippen molar-refractivity contribution < 1.29 is 4.90 Å². The van der Waals surface area contributed by atoms with Gasteiger partial charge >= 0.3 is 0 Å². The highest BCUT2D eigenvalue weighted by molar-refractivity contribution is 5.46. The van der Waals surface area contributed by atoms with Gasteiger partial charge in [-0.05, 0) is 49.2 Å². The fourth-order valence-corrected chi connectivity index (χ4v) is 3.85. The number of piperazine rings is 1. The van der Waals surface area contributed by atoms with Crippen molar-refractivity contribution >= 4 is 5.69 Å². The van der Waals surface area contributed by atoms with Crippen molar-refractivity contribution in [2.75, 3.05) is 31.1 Å². The number of hydrogen-bond acceptors (Lipinski definition) is 4. The van der Waals surface area contributed by atoms with Gasteiger partial charge in [0.2, 0.25) is 5.82 Å². The highest BCUT2D eigenvalue weighted by Gasteiger charge is 2.35. The van der Waals surface area contributed by atoms with E-state index < -0.39 is 0 Å². The van der Waals surface area contributed by atoms with Crippen LogP contribution in [0.3, 0.4) is 0 Å². The van der Waals surface area contributed by atoms with Crippen LogP contribution in [0.15, 0.2) is 30.3 Å². The Balaban J connectivity index is 1.77. The first-order valence-electron chi connectivity index (χ1n) is 9.79. The summed E-state index contributed by atoms with van der Waals surface area (Å²) in [5.41, 5.74) is 1.23. The van der Waals surface area contributed by atoms with Crippen LogP contribution in [0.25, 0.3) is 0 Å². The van der Waals surface area contributed by atoms with E-state index in [4.69, 9.17) is 0 Å². The zero-order valence-electron chi connectivity index (χ0n) is 16.8. The summed E-state index contributed by atoms with van der Waals surface area (Å²) in [4.78, 5) is 4.09. The summed E-state index contributed by atoms with van der Waals surface area (Å²) in [5.74, 6) is 1.65. The van der Waals surface area contributed by atoms with E-state index in [2.05, 4.69) is 85.4 Å². The van der Waals surface area contributed by atoms with Crippen LogP contribution in [0.5, 0.6) is 0 Å². The van der Waals surface area contributed by atoms with Gasteiger partial charge in [0.15, 0.2) is 6.04 Å². The van der Waals surface area contributed by atoms with Crippen LogP contribution >= 0.6 is 0 Å². The average molecular weight is 358 g/mol. The van der Waals surface area contributed by atoms with Gasteiger partial charge < -0.3 is 9.80 Å². The molecule has 0 radical (unpaired) electrons. The maximum atomic E-state index is 4.46. The average Bonchev–Trinajstić information content (AvgIpc) is 3.10. The molecular weight excluding hydrogens is 324 g/mol. The summed E-state index contributed by atoms with van der Waals surface area (Å²) in [6, 6.07) is 11.1. The van der Waals surface area contributed by atoms with Crippen molar-refractivity contribution in [2.45, 2.75) is 52.6 Å². The first kappa shape index (κ1) is 18.8. The van der Waals surface area contributed by atoms with Gasteiger partial charge in [-0.15, -0.1) is 5.10 Å². The van der Waals surface area contributed by atoms with Gasteiger partial charge in [0.05, 0.1) is 31.7 Å². The summed E-state index contributed by atoms with van der Waals surface area (Å²) in [5, 5.41) is 12.8. The molecule has 1 fully saturated rings. The van der Waals surface area contributed by atoms with Crippen molar-refractivity contribution in [1.29, 1.82) is 0 Å². The Morgan fingerprint density at radius 2 is 1.73 bits per heavy atom. The van der Waals surface area contributed by atoms with E-state index in [1.165, 1.54) is 5.69 Å². The van der Waals surface area contributed by atoms with E-state index in [0.717, 1.165) is 38.4 Å². The maximum Gasteiger partial charge on any atom is 0.209 e. The molecule has 1 atom stereocenters. The minimum Gasteiger partial charge on any atom is -0.360 e. The quantitative estimate of drug-likeness (QED) is 0.888. The lowest BCUT2D eigenvalue weighted by Gasteiger charge is -2.38. The second-order valence-electron chi connectivity index (χ2n) is 8.78. The summed E-state index contributed by atoms with van der Waals surface area (Å²) in [6.07, 6.45) is 1.11. The number of quaternary nitrogens is 1. The fourth-order valence-electron chi connectivity index (χ4n) is 3.85. The van der Waals surface area contributed by atoms with Crippen LogP contribution in [-0.2, 0) is 5.54 Å². The molecule has 2 heterocycles. The molecule has 142 valence electrons. The zero-order chi connectivity index (χ0) is 18.7. The zero-order valence-corrected chi connectivity index (χ0v) is 16.8. The smallest absolute Gasteiger partial charge is 0.209 e. The number of aromatic nitrogens is 4. The third-order valence-corrected chi connectivity index (χ3v) is 5.17. The molecule has 0 bridgehead atoms. The van der Waals surface area contributed by atoms with Crippen LogP contribution < -0.4 is 9.80 Å². The van der Waals surface area contributed by atoms with Gasteiger partial charge in [-0.25, -0.2) is 4.68 Å². The van der Waals surface area contributed by atoms with E-state index in [1.54, 1.807) is 4.90 Å². The van der Waals surface area contributed by atoms with Crippen molar-refractivity contribution in [2.24, 2.45) is 5.92 Å². The number of para-hydroxylation sites is 1. The number of nitrogens with one attached hydrogen (secondary N) is 1. The van der Waals surface area contributed by atoms with Gasteiger partial charge in [-0.2, -0.15) is 0 Å². The molecule has 0 unspecified atom stereocenters. The predicted molar refractivity (Wildman–Crippen MR) is 104 cm³/mol. The lowest BCUT2D eigenvalue weighted by atomic mass is 9.99. The molecule has 26 heavy (non-hydrogen) atoms. The van der Waals surface area contributed by atoms with Gasteiger partial charge in [-0.3, -0.25) is 0 Å². The number of benzene rings is 1. The van der Waals surface area contributed by atoms with Crippen molar-refractivity contribution in [3.63, 3.8) is 0 Å². The van der Waals surface area contributed by atoms with Crippen molar-refractivity contribution in [3.8, 4) is 0 Å². The fraction of sp³-hybridized carbons (Fsp3) is 0.650. The molecule has 1 aliphatic heterocycles. The molecule has 1 aromatic heterocycles. The molecule has 1 N–H and O–H groups in total. The van der Waals surface area contributed by atoms with E-state index in [1.807, 2.05) is 4.68 Å². The van der Waals surface area contributed by atoms with Gasteiger partial charge in [-0.1, -0.05) is 32.0 Å². The molecule has 0 aliphatic carbocycles. The lowest BCUT2D eigenvalue weighted by Crippen LogP contribution is -3.15. The van der Waals surface area contributed by atoms with Crippen LogP contribution in [-0.4, -0.2) is 46.4 Å². The topological polar surface area (TPSA) is 51.3 Å². The molecule has 0 saturated carbocycles. The van der Waals surface area contributed by atoms with Gasteiger partial charge in [0, 0.05) is 12.1 Å². The summed E-state index contributed by atoms with van der Waals surface area (Å²) in [6.45, 7) is 15.5. The third kappa shape index (κ3) is 4.23. The molecule has 0 amide bonds. The summed E-state index contributed by atoms with van der Waals surface area (Å²) >= 11 is 0. The number of nitrogens with zero attached hydrogens (tertiary/aromatic N) is 5. The van der Waals surface area contributed by atoms with E-state index >= 15 is 0 Å². The van der Waals surface area contributed by atoms with Crippen molar-refractivity contribution in [3.05, 3.63) is 36.2 Å². The number of anilines is 1. The molecule has 1 aromatic carbocycles. The third-order valence-electron chi connectivity index (χ3n) is 5.17. The predicted octanol–water partition coefficient (Wildman–Crippen LogP) is 1.92. The first-order chi connectivity index (χ1) is 12.4. The number of rotatable bonds is 5. The van der Waals surface area contributed by atoms with Crippen LogP contribution in [0, 0.1) is 5.92 Å². The maximum absolute atomic E-state index is 4.46. The molecule has 6 nitrogen and oxygen atoms in total. The Morgan fingerprint density at radius 3 is 2.31 bits per heavy atom. The molecule has 1 saturated heterocycles. The standard InChI is InChI=1S/C20H32N6/c1-16(2)15-18(19-21-22-23-26(19)20(3,4)5)25-13-11-24(12-14-25)17-9-7-6-8-10-17/h6-10,16,18H,11-15H2,1-5H3/p+1/t18-/m1/s1. The molecule has 2 aromatic rings. The van der Waals surface area contributed by atoms with Gasteiger partial charge in [0.1, 0.15) is 0 Å². The van der Waals surface area contributed by atoms with E-state index in [0.29, 0.717) is 12.0 Å². The largest absolute Gasteiger partial charge is 0.360 e. The van der Waals surface area contributed by atoms with E-state index in [9.17, 15) is 0 Å². The van der Waals surface area contributed by atoms with Crippen molar-refractivity contribution in [1.82, 2.24) is 20.2 Å².